The standard InChI is InChI=1S/C19H28N4O3S.2ClH/c1-14(2)18(20)19(24)22-9-4-10-23(12-11-22)27(25,26)17-6-3-5-15-13-21-8-7-16(15)17;;/h3,5-8,13-14,18,25-26H,4,9-12,20H2,1-2H3;2*1H/t18-;;/m0../s1. The first-order valence-corrected chi connectivity index (χ1v) is 10.7. The molecular formula is C19H30Cl2N4O3S. The Labute approximate surface area is 186 Å². The summed E-state index contributed by atoms with van der Waals surface area (Å²) in [5.41, 5.74) is 6.01. The molecule has 3 rings (SSSR count). The van der Waals surface area contributed by atoms with Gasteiger partial charge in [-0.2, -0.15) is 0 Å². The van der Waals surface area contributed by atoms with Crippen LogP contribution in [-0.4, -0.2) is 61.4 Å². The van der Waals surface area contributed by atoms with E-state index in [0.717, 1.165) is 10.8 Å². The normalized spacial score (nSPS) is 17.2. The molecule has 7 nitrogen and oxygen atoms in total. The number of hydrogen-bond acceptors (Lipinski definition) is 6. The highest BCUT2D eigenvalue weighted by Crippen LogP contribution is 2.54. The molecular weight excluding hydrogens is 435 g/mol. The minimum Gasteiger partial charge on any atom is -0.340 e. The fourth-order valence-corrected chi connectivity index (χ4v) is 5.08. The van der Waals surface area contributed by atoms with Crippen molar-refractivity contribution >= 4 is 52.3 Å². The molecule has 0 bridgehead atoms. The van der Waals surface area contributed by atoms with Crippen LogP contribution in [0.1, 0.15) is 20.3 Å². The Bertz CT molecular complexity index is 820. The zero-order valence-electron chi connectivity index (χ0n) is 16.6. The fourth-order valence-electron chi connectivity index (χ4n) is 3.34. The summed E-state index contributed by atoms with van der Waals surface area (Å²) in [6.45, 7) is 5.76. The van der Waals surface area contributed by atoms with Crippen LogP contribution in [0.25, 0.3) is 10.8 Å². The van der Waals surface area contributed by atoms with Gasteiger partial charge in [-0.05, 0) is 24.5 Å². The molecule has 1 saturated heterocycles. The second kappa shape index (κ2) is 10.8. The van der Waals surface area contributed by atoms with Crippen LogP contribution in [0.15, 0.2) is 41.6 Å². The van der Waals surface area contributed by atoms with E-state index in [1.54, 1.807) is 33.7 Å². The number of aromatic nitrogens is 1. The summed E-state index contributed by atoms with van der Waals surface area (Å²) < 4.78 is 23.8. The summed E-state index contributed by atoms with van der Waals surface area (Å²) in [5.74, 6) is 0.00103. The third kappa shape index (κ3) is 5.52. The average molecular weight is 465 g/mol. The Hall–Kier alpha value is -1.13. The highest BCUT2D eigenvalue weighted by Gasteiger charge is 2.31. The number of pyridine rings is 1. The van der Waals surface area contributed by atoms with Crippen LogP contribution in [0.3, 0.4) is 0 Å². The van der Waals surface area contributed by atoms with E-state index in [4.69, 9.17) is 5.73 Å². The van der Waals surface area contributed by atoms with Gasteiger partial charge < -0.3 is 10.6 Å². The van der Waals surface area contributed by atoms with Gasteiger partial charge in [0.15, 0.2) is 0 Å². The molecule has 4 N–H and O–H groups in total. The summed E-state index contributed by atoms with van der Waals surface area (Å²) >= 11 is 0. The van der Waals surface area contributed by atoms with Crippen LogP contribution in [0.4, 0.5) is 0 Å². The van der Waals surface area contributed by atoms with E-state index in [0.29, 0.717) is 37.5 Å². The smallest absolute Gasteiger partial charge is 0.239 e. The lowest BCUT2D eigenvalue weighted by Gasteiger charge is -2.43. The maximum Gasteiger partial charge on any atom is 0.239 e. The SMILES string of the molecule is CC(C)[C@H](N)C(=O)N1CCCN(S(O)(O)c2cccc3cnccc23)CC1.Cl.Cl. The number of benzene rings is 1. The van der Waals surface area contributed by atoms with Gasteiger partial charge in [-0.3, -0.25) is 18.9 Å². The monoisotopic (exact) mass is 464 g/mol. The minimum absolute atomic E-state index is 0. The van der Waals surface area contributed by atoms with Crippen LogP contribution in [0.5, 0.6) is 0 Å². The van der Waals surface area contributed by atoms with Gasteiger partial charge in [0.05, 0.1) is 10.9 Å². The van der Waals surface area contributed by atoms with Crippen LogP contribution in [0, 0.1) is 5.92 Å². The lowest BCUT2D eigenvalue weighted by Crippen LogP contribution is -2.47. The highest BCUT2D eigenvalue weighted by atomic mass is 35.5. The molecule has 0 radical (unpaired) electrons. The number of nitrogens with zero attached hydrogens (tertiary/aromatic N) is 3. The number of fused-ring (bicyclic) bond motifs is 1. The van der Waals surface area contributed by atoms with E-state index >= 15 is 0 Å². The van der Waals surface area contributed by atoms with Gasteiger partial charge in [0.2, 0.25) is 5.91 Å². The number of nitrogens with two attached hydrogens (primary N) is 1. The molecule has 1 amide bonds. The molecule has 1 aliphatic heterocycles. The number of rotatable bonds is 4. The summed E-state index contributed by atoms with van der Waals surface area (Å²) in [5, 5.41) is 1.65. The maximum absolute atomic E-state index is 12.6. The van der Waals surface area contributed by atoms with Gasteiger partial charge in [0, 0.05) is 49.3 Å². The molecule has 164 valence electrons. The van der Waals surface area contributed by atoms with Gasteiger partial charge in [-0.1, -0.05) is 26.0 Å². The predicted molar refractivity (Wildman–Crippen MR) is 123 cm³/mol. The van der Waals surface area contributed by atoms with Gasteiger partial charge in [-0.25, -0.2) is 4.31 Å². The third-order valence-corrected chi connectivity index (χ3v) is 7.10. The minimum atomic E-state index is -3.16. The van der Waals surface area contributed by atoms with Crippen molar-refractivity contribution in [3.8, 4) is 0 Å². The first-order chi connectivity index (χ1) is 12.8. The van der Waals surface area contributed by atoms with Crippen molar-refractivity contribution in [3.05, 3.63) is 36.7 Å². The van der Waals surface area contributed by atoms with Crippen molar-refractivity contribution < 1.29 is 13.9 Å². The van der Waals surface area contributed by atoms with E-state index in [1.807, 2.05) is 26.0 Å². The van der Waals surface area contributed by atoms with Crippen LogP contribution < -0.4 is 5.73 Å². The highest BCUT2D eigenvalue weighted by molar-refractivity contribution is 8.22. The molecule has 29 heavy (non-hydrogen) atoms. The number of hydrogen-bond donors (Lipinski definition) is 3. The van der Waals surface area contributed by atoms with E-state index < -0.39 is 16.8 Å². The Morgan fingerprint density at radius 2 is 1.86 bits per heavy atom. The second-order valence-corrected chi connectivity index (χ2v) is 9.24. The van der Waals surface area contributed by atoms with Crippen LogP contribution in [0.2, 0.25) is 0 Å². The van der Waals surface area contributed by atoms with Crippen molar-refractivity contribution in [3.63, 3.8) is 0 Å². The van der Waals surface area contributed by atoms with Crippen molar-refractivity contribution in [2.45, 2.75) is 31.2 Å². The molecule has 0 spiro atoms. The largest absolute Gasteiger partial charge is 0.340 e. The lowest BCUT2D eigenvalue weighted by molar-refractivity contribution is -0.133. The van der Waals surface area contributed by atoms with Crippen LogP contribution in [-0.2, 0) is 4.79 Å². The molecule has 1 fully saturated rings. The Morgan fingerprint density at radius 1 is 1.14 bits per heavy atom. The van der Waals surface area contributed by atoms with Crippen molar-refractivity contribution in [2.75, 3.05) is 26.2 Å². The number of carbonyl (C=O) groups is 1. The van der Waals surface area contributed by atoms with Crippen molar-refractivity contribution in [1.29, 1.82) is 0 Å². The number of carbonyl (C=O) groups excluding carboxylic acids is 1. The maximum atomic E-state index is 12.6. The summed E-state index contributed by atoms with van der Waals surface area (Å²) in [4.78, 5) is 18.9. The molecule has 0 aliphatic carbocycles. The topological polar surface area (TPSA) is 103 Å². The van der Waals surface area contributed by atoms with Gasteiger partial charge in [-0.15, -0.1) is 35.6 Å². The fraction of sp³-hybridized carbons (Fsp3) is 0.474. The Balaban J connectivity index is 0.00000210. The number of amides is 1. The van der Waals surface area contributed by atoms with E-state index in [9.17, 15) is 13.9 Å². The molecule has 0 unspecified atom stereocenters. The molecule has 1 aliphatic rings. The first kappa shape index (κ1) is 25.9. The van der Waals surface area contributed by atoms with Crippen molar-refractivity contribution in [2.24, 2.45) is 11.7 Å². The van der Waals surface area contributed by atoms with E-state index in [2.05, 4.69) is 4.98 Å². The van der Waals surface area contributed by atoms with E-state index in [1.165, 1.54) is 0 Å². The van der Waals surface area contributed by atoms with Crippen molar-refractivity contribution in [1.82, 2.24) is 14.2 Å². The quantitative estimate of drug-likeness (QED) is 0.638. The first-order valence-electron chi connectivity index (χ1n) is 9.23. The molecule has 1 atom stereocenters. The van der Waals surface area contributed by atoms with Gasteiger partial charge in [0.1, 0.15) is 0 Å². The third-order valence-electron chi connectivity index (χ3n) is 5.07. The zero-order chi connectivity index (χ0) is 19.6. The molecule has 2 aromatic rings. The van der Waals surface area contributed by atoms with Gasteiger partial charge >= 0.3 is 0 Å². The van der Waals surface area contributed by atoms with Crippen LogP contribution >= 0.6 is 35.6 Å². The molecule has 1 aromatic carbocycles. The predicted octanol–water partition coefficient (Wildman–Crippen LogP) is 3.62. The number of halogens is 2. The summed E-state index contributed by atoms with van der Waals surface area (Å²) in [6.07, 6.45) is 4.03. The second-order valence-electron chi connectivity index (χ2n) is 7.25. The Morgan fingerprint density at radius 3 is 2.55 bits per heavy atom. The molecule has 2 heterocycles. The van der Waals surface area contributed by atoms with E-state index in [-0.39, 0.29) is 36.6 Å². The zero-order valence-corrected chi connectivity index (χ0v) is 19.1. The summed E-state index contributed by atoms with van der Waals surface area (Å²) in [7, 11) is -3.16. The molecule has 10 heteroatoms. The van der Waals surface area contributed by atoms with Gasteiger partial charge in [0.25, 0.3) is 0 Å². The Kier molecular flexibility index (Phi) is 9.62. The molecule has 0 saturated carbocycles. The summed E-state index contributed by atoms with van der Waals surface area (Å²) in [6, 6.07) is 6.73. The average Bonchev–Trinajstić information content (AvgIpc) is 2.93. The molecule has 1 aromatic heterocycles. The lowest BCUT2D eigenvalue weighted by atomic mass is 10.0.